The molecule has 1 aromatic carbocycles. The molecule has 0 fully saturated rings. The third kappa shape index (κ3) is 4.41. The molecule has 3 aromatic rings. The first kappa shape index (κ1) is 22.0. The Morgan fingerprint density at radius 2 is 1.97 bits per heavy atom. The zero-order valence-corrected chi connectivity index (χ0v) is 18.9. The minimum atomic E-state index is -3.84. The van der Waals surface area contributed by atoms with Crippen molar-refractivity contribution in [2.24, 2.45) is 0 Å². The van der Waals surface area contributed by atoms with E-state index in [1.54, 1.807) is 24.3 Å². The number of methoxy groups -OCH3 is 1. The van der Waals surface area contributed by atoms with Gasteiger partial charge in [-0.25, -0.2) is 22.2 Å². The average molecular weight is 493 g/mol. The zero-order chi connectivity index (χ0) is 21.7. The van der Waals surface area contributed by atoms with Crippen LogP contribution >= 0.6 is 15.9 Å². The van der Waals surface area contributed by atoms with Crippen LogP contribution in [0.3, 0.4) is 0 Å². The van der Waals surface area contributed by atoms with Gasteiger partial charge in [0, 0.05) is 21.6 Å². The Morgan fingerprint density at radius 1 is 1.23 bits per heavy atom. The number of rotatable bonds is 8. The Morgan fingerprint density at radius 3 is 2.63 bits per heavy atom. The van der Waals surface area contributed by atoms with Crippen LogP contribution in [0.25, 0.3) is 17.0 Å². The number of carbonyl (C=O) groups is 1. The van der Waals surface area contributed by atoms with E-state index in [0.717, 1.165) is 21.3 Å². The van der Waals surface area contributed by atoms with Gasteiger partial charge in [0.1, 0.15) is 0 Å². The lowest BCUT2D eigenvalue weighted by molar-refractivity contribution is 0.0594. The van der Waals surface area contributed by atoms with Crippen molar-refractivity contribution in [1.29, 1.82) is 0 Å². The topological polar surface area (TPSA) is 87.5 Å². The van der Waals surface area contributed by atoms with Crippen molar-refractivity contribution < 1.29 is 22.7 Å². The minimum absolute atomic E-state index is 0.0825. The van der Waals surface area contributed by atoms with Gasteiger partial charge in [0.25, 0.3) is 10.0 Å². The van der Waals surface area contributed by atoms with Crippen LogP contribution < -0.4 is 0 Å². The molecule has 0 N–H and O–H groups in total. The van der Waals surface area contributed by atoms with E-state index >= 15 is 0 Å². The van der Waals surface area contributed by atoms with Crippen LogP contribution in [0.5, 0.6) is 0 Å². The maximum absolute atomic E-state index is 13.1. The molecule has 0 saturated carbocycles. The van der Waals surface area contributed by atoms with Gasteiger partial charge < -0.3 is 9.47 Å². The van der Waals surface area contributed by atoms with Crippen LogP contribution in [-0.4, -0.2) is 37.1 Å². The van der Waals surface area contributed by atoms with Crippen molar-refractivity contribution in [3.63, 3.8) is 0 Å². The number of halogens is 1. The summed E-state index contributed by atoms with van der Waals surface area (Å²) in [6, 6.07) is 7.99. The van der Waals surface area contributed by atoms with Gasteiger partial charge in [-0.15, -0.1) is 0 Å². The molecular formula is C21H21BrN2O5S. The van der Waals surface area contributed by atoms with E-state index in [2.05, 4.69) is 27.8 Å². The number of esters is 1. The molecule has 0 spiro atoms. The van der Waals surface area contributed by atoms with Crippen molar-refractivity contribution in [2.45, 2.75) is 24.7 Å². The molecule has 0 unspecified atom stereocenters. The van der Waals surface area contributed by atoms with Crippen LogP contribution in [0.4, 0.5) is 0 Å². The quantitative estimate of drug-likeness (QED) is 0.259. The number of hydrogen-bond acceptors (Lipinski definition) is 6. The highest BCUT2D eigenvalue weighted by Crippen LogP contribution is 2.28. The van der Waals surface area contributed by atoms with Crippen LogP contribution in [0, 0.1) is 0 Å². The van der Waals surface area contributed by atoms with Gasteiger partial charge in [-0.1, -0.05) is 29.3 Å². The predicted octanol–water partition coefficient (Wildman–Crippen LogP) is 4.61. The van der Waals surface area contributed by atoms with Crippen LogP contribution in [0.2, 0.25) is 0 Å². The monoisotopic (exact) mass is 492 g/mol. The van der Waals surface area contributed by atoms with Crippen molar-refractivity contribution in [1.82, 2.24) is 8.96 Å². The van der Waals surface area contributed by atoms with Gasteiger partial charge in [-0.2, -0.15) is 0 Å². The number of fused-ring (bicyclic) bond motifs is 1. The number of carbonyl (C=O) groups excluding carboxylic acids is 1. The molecule has 7 nitrogen and oxygen atoms in total. The van der Waals surface area contributed by atoms with Crippen molar-refractivity contribution >= 4 is 48.9 Å². The second-order valence-corrected chi connectivity index (χ2v) is 9.14. The molecular weight excluding hydrogens is 472 g/mol. The zero-order valence-electron chi connectivity index (χ0n) is 16.5. The van der Waals surface area contributed by atoms with E-state index in [9.17, 15) is 13.2 Å². The minimum Gasteiger partial charge on any atom is -0.501 e. The first-order chi connectivity index (χ1) is 14.4. The molecule has 0 amide bonds. The number of nitrogens with zero attached hydrogens (tertiary/aromatic N) is 2. The second kappa shape index (κ2) is 9.44. The Hall–Kier alpha value is -2.65. The molecule has 9 heteroatoms. The molecule has 0 aliphatic heterocycles. The Kier molecular flexibility index (Phi) is 6.94. The molecule has 0 radical (unpaired) electrons. The van der Waals surface area contributed by atoms with E-state index in [4.69, 9.17) is 9.47 Å². The maximum atomic E-state index is 13.1. The molecule has 0 atom stereocenters. The van der Waals surface area contributed by atoms with Gasteiger partial charge in [-0.3, -0.25) is 0 Å². The summed E-state index contributed by atoms with van der Waals surface area (Å²) < 4.78 is 38.5. The average Bonchev–Trinajstić information content (AvgIpc) is 3.18. The largest absolute Gasteiger partial charge is 0.501 e. The number of unbranched alkanes of at least 4 members (excludes halogenated alkanes) is 1. The maximum Gasteiger partial charge on any atom is 0.357 e. The van der Waals surface area contributed by atoms with E-state index < -0.39 is 16.0 Å². The third-order valence-electron chi connectivity index (χ3n) is 4.45. The fraction of sp³-hybridized carbons (Fsp3) is 0.238. The van der Waals surface area contributed by atoms with Gasteiger partial charge in [0.15, 0.2) is 5.69 Å². The molecule has 3 rings (SSSR count). The number of benzene rings is 1. The highest BCUT2D eigenvalue weighted by atomic mass is 79.9. The van der Waals surface area contributed by atoms with Crippen molar-refractivity contribution in [3.05, 3.63) is 64.7 Å². The molecule has 0 saturated heterocycles. The molecule has 0 aliphatic rings. The number of ether oxygens (including phenoxy) is 2. The van der Waals surface area contributed by atoms with E-state index in [1.807, 2.05) is 0 Å². The number of pyridine rings is 1. The fourth-order valence-electron chi connectivity index (χ4n) is 2.87. The van der Waals surface area contributed by atoms with Crippen LogP contribution in [0.1, 0.15) is 35.8 Å². The number of aromatic nitrogens is 2. The molecule has 2 heterocycles. The molecule has 30 heavy (non-hydrogen) atoms. The van der Waals surface area contributed by atoms with Crippen molar-refractivity contribution in [2.75, 3.05) is 13.7 Å². The van der Waals surface area contributed by atoms with Gasteiger partial charge in [-0.05, 0) is 42.8 Å². The van der Waals surface area contributed by atoms with Crippen LogP contribution in [0.15, 0.2) is 58.4 Å². The summed E-state index contributed by atoms with van der Waals surface area (Å²) in [5.41, 5.74) is 0.860. The highest BCUT2D eigenvalue weighted by molar-refractivity contribution is 9.10. The van der Waals surface area contributed by atoms with E-state index in [-0.39, 0.29) is 10.6 Å². The fourth-order valence-corrected chi connectivity index (χ4v) is 4.47. The summed E-state index contributed by atoms with van der Waals surface area (Å²) in [7, 11) is -2.58. The Balaban J connectivity index is 2.11. The normalized spacial score (nSPS) is 11.8. The first-order valence-corrected chi connectivity index (χ1v) is 11.5. The van der Waals surface area contributed by atoms with E-state index in [1.165, 1.54) is 37.9 Å². The third-order valence-corrected chi connectivity index (χ3v) is 6.68. The summed E-state index contributed by atoms with van der Waals surface area (Å²) >= 11 is 3.30. The standard InChI is InChI=1S/C21H21BrN2O5S/c1-3-4-12-29-13-10-18-17-9-11-24(19(17)14-23-20(18)21(25)28-2)30(26,27)16-7-5-15(22)6-8-16/h5-11,13-14H,3-4,12H2,1-2H3/b13-10+. The highest BCUT2D eigenvalue weighted by Gasteiger charge is 2.22. The van der Waals surface area contributed by atoms with Gasteiger partial charge in [0.2, 0.25) is 0 Å². The lowest BCUT2D eigenvalue weighted by Crippen LogP contribution is -2.13. The molecule has 2 aromatic heterocycles. The lowest BCUT2D eigenvalue weighted by Gasteiger charge is -2.09. The van der Waals surface area contributed by atoms with E-state index in [0.29, 0.717) is 23.1 Å². The second-order valence-electron chi connectivity index (χ2n) is 6.41. The van der Waals surface area contributed by atoms with Crippen LogP contribution in [-0.2, 0) is 19.5 Å². The summed E-state index contributed by atoms with van der Waals surface area (Å²) in [6.07, 6.45) is 7.79. The Bertz CT molecular complexity index is 1180. The summed E-state index contributed by atoms with van der Waals surface area (Å²) in [5, 5.41) is 0.543. The molecule has 0 bridgehead atoms. The lowest BCUT2D eigenvalue weighted by atomic mass is 10.1. The summed E-state index contributed by atoms with van der Waals surface area (Å²) in [5.74, 6) is -0.617. The molecule has 0 aliphatic carbocycles. The SMILES string of the molecule is CCCCO/C=C/c1c(C(=O)OC)ncc2c1ccn2S(=O)(=O)c1ccc(Br)cc1. The smallest absolute Gasteiger partial charge is 0.357 e. The van der Waals surface area contributed by atoms with Gasteiger partial charge in [0.05, 0.1) is 36.6 Å². The summed E-state index contributed by atoms with van der Waals surface area (Å²) in [4.78, 5) is 16.5. The first-order valence-electron chi connectivity index (χ1n) is 9.27. The predicted molar refractivity (Wildman–Crippen MR) is 118 cm³/mol. The van der Waals surface area contributed by atoms with Gasteiger partial charge >= 0.3 is 5.97 Å². The summed E-state index contributed by atoms with van der Waals surface area (Å²) in [6.45, 7) is 2.60. The number of hydrogen-bond donors (Lipinski definition) is 0. The molecule has 158 valence electrons. The Labute approximate surface area is 183 Å². The van der Waals surface area contributed by atoms with Crippen molar-refractivity contribution in [3.8, 4) is 0 Å².